The van der Waals surface area contributed by atoms with E-state index in [9.17, 15) is 21.9 Å². The van der Waals surface area contributed by atoms with E-state index in [2.05, 4.69) is 36.6 Å². The first-order chi connectivity index (χ1) is 16.6. The zero-order chi connectivity index (χ0) is 25.2. The first kappa shape index (κ1) is 25.9. The van der Waals surface area contributed by atoms with Gasteiger partial charge in [-0.1, -0.05) is 0 Å². The molecule has 194 valence electrons. The van der Waals surface area contributed by atoms with Gasteiger partial charge in [-0.15, -0.1) is 0 Å². The molecule has 0 saturated carbocycles. The second-order valence-corrected chi connectivity index (χ2v) is 11.6. The lowest BCUT2D eigenvalue weighted by atomic mass is 9.95. The van der Waals surface area contributed by atoms with Crippen molar-refractivity contribution in [3.05, 3.63) is 35.9 Å². The lowest BCUT2D eigenvalue weighted by molar-refractivity contribution is 0.186. The van der Waals surface area contributed by atoms with E-state index in [4.69, 9.17) is 10.9 Å². The van der Waals surface area contributed by atoms with E-state index in [1.807, 2.05) is 4.90 Å². The second-order valence-electron chi connectivity index (χ2n) is 8.32. The summed E-state index contributed by atoms with van der Waals surface area (Å²) in [5.41, 5.74) is 16.9. The third-order valence-corrected chi connectivity index (χ3v) is 8.62. The van der Waals surface area contributed by atoms with E-state index in [-0.39, 0.29) is 24.6 Å². The van der Waals surface area contributed by atoms with Crippen LogP contribution in [0.25, 0.3) is 0 Å². The Morgan fingerprint density at radius 1 is 1.17 bits per heavy atom. The van der Waals surface area contributed by atoms with Crippen LogP contribution < -0.4 is 42.4 Å². The van der Waals surface area contributed by atoms with Gasteiger partial charge in [0.25, 0.3) is 0 Å². The van der Waals surface area contributed by atoms with Gasteiger partial charge in [-0.25, -0.2) is 42.5 Å². The van der Waals surface area contributed by atoms with E-state index in [1.54, 1.807) is 18.5 Å². The zero-order valence-corrected chi connectivity index (χ0v) is 20.4. The summed E-state index contributed by atoms with van der Waals surface area (Å²) in [6.45, 7) is 0.616. The topological polar surface area (TPSA) is 233 Å². The molecule has 0 bridgehead atoms. The van der Waals surface area contributed by atoms with Crippen molar-refractivity contribution < 1.29 is 21.9 Å². The number of piperidine rings is 1. The highest BCUT2D eigenvalue weighted by atomic mass is 32.2. The average Bonchev–Trinajstić information content (AvgIpc) is 3.56. The minimum Gasteiger partial charge on any atom is -0.390 e. The standard InChI is InChI=1S/C18H30N10O5S2/c19-9-12(29)10-23-35(32,33)14-2-1-13(15(16(14)34(20,30)31)18-24-26-27-25-18)28-7-3-11(4-8-28)17-21-5-6-22-17/h1-2,5-6,11-12,18,23-27,29H,3-4,7-10,19H2,(H,21,22)(H2,20,30,31)/t12-/m1/s1. The van der Waals surface area contributed by atoms with Crippen molar-refractivity contribution >= 4 is 25.7 Å². The Hall–Kier alpha value is -2.19. The molecule has 0 radical (unpaired) electrons. The van der Waals surface area contributed by atoms with Gasteiger partial charge in [-0.05, 0) is 25.0 Å². The van der Waals surface area contributed by atoms with Gasteiger partial charge in [0.15, 0.2) is 0 Å². The number of nitrogens with two attached hydrogens (primary N) is 2. The van der Waals surface area contributed by atoms with Gasteiger partial charge in [0.05, 0.1) is 6.10 Å². The number of hydrogen-bond acceptors (Lipinski definition) is 12. The summed E-state index contributed by atoms with van der Waals surface area (Å²) in [5.74, 6) is 1.13. The van der Waals surface area contributed by atoms with Gasteiger partial charge < -0.3 is 20.7 Å². The van der Waals surface area contributed by atoms with Crippen LogP contribution in [0.2, 0.25) is 0 Å². The number of hydrogen-bond donors (Lipinski definition) is 9. The van der Waals surface area contributed by atoms with Gasteiger partial charge in [0, 0.05) is 55.7 Å². The SMILES string of the molecule is NC[C@@H](O)CNS(=O)(=O)c1ccc(N2CCC(c3ncc[nH]3)CC2)c(C2NNNN2)c1S(N)(=O)=O. The number of aromatic amines is 1. The molecule has 3 heterocycles. The van der Waals surface area contributed by atoms with Gasteiger partial charge in [0.2, 0.25) is 20.0 Å². The number of nitrogens with one attached hydrogen (secondary N) is 6. The second kappa shape index (κ2) is 10.4. The first-order valence-corrected chi connectivity index (χ1v) is 14.0. The summed E-state index contributed by atoms with van der Waals surface area (Å²) >= 11 is 0. The largest absolute Gasteiger partial charge is 0.390 e. The Bertz CT molecular complexity index is 1220. The molecule has 0 amide bonds. The van der Waals surface area contributed by atoms with Crippen molar-refractivity contribution in [3.8, 4) is 0 Å². The van der Waals surface area contributed by atoms with Gasteiger partial charge in [-0.2, -0.15) is 11.1 Å². The Morgan fingerprint density at radius 3 is 2.43 bits per heavy atom. The fourth-order valence-corrected chi connectivity index (χ4v) is 7.01. The molecule has 2 saturated heterocycles. The Kier molecular flexibility index (Phi) is 7.71. The predicted octanol–water partition coefficient (Wildman–Crippen LogP) is -2.85. The Morgan fingerprint density at radius 2 is 1.86 bits per heavy atom. The summed E-state index contributed by atoms with van der Waals surface area (Å²) < 4.78 is 53.9. The molecule has 2 aliphatic heterocycles. The van der Waals surface area contributed by atoms with E-state index in [1.165, 1.54) is 6.07 Å². The van der Waals surface area contributed by atoms with Crippen LogP contribution in [-0.2, 0) is 20.0 Å². The number of H-pyrrole nitrogens is 1. The quantitative estimate of drug-likeness (QED) is 0.159. The molecule has 2 aliphatic rings. The van der Waals surface area contributed by atoms with E-state index in [0.717, 1.165) is 18.7 Å². The van der Waals surface area contributed by atoms with Crippen molar-refractivity contribution in [2.75, 3.05) is 31.1 Å². The van der Waals surface area contributed by atoms with Gasteiger partial charge in [0.1, 0.15) is 21.8 Å². The molecule has 1 atom stereocenters. The Labute approximate surface area is 203 Å². The van der Waals surface area contributed by atoms with E-state index in [0.29, 0.717) is 18.8 Å². The summed E-state index contributed by atoms with van der Waals surface area (Å²) in [4.78, 5) is 8.39. The Balaban J connectivity index is 1.75. The first-order valence-electron chi connectivity index (χ1n) is 10.9. The van der Waals surface area contributed by atoms with Crippen LogP contribution >= 0.6 is 0 Å². The lowest BCUT2D eigenvalue weighted by Gasteiger charge is -2.35. The fourth-order valence-electron chi connectivity index (χ4n) is 4.29. The molecular formula is C18H30N10O5S2. The number of nitrogens with zero attached hydrogens (tertiary/aromatic N) is 2. The van der Waals surface area contributed by atoms with Crippen LogP contribution in [0, 0.1) is 0 Å². The molecule has 17 heteroatoms. The molecule has 15 nitrogen and oxygen atoms in total. The molecule has 2 fully saturated rings. The van der Waals surface area contributed by atoms with E-state index < -0.39 is 42.1 Å². The molecule has 0 spiro atoms. The fraction of sp³-hybridized carbons (Fsp3) is 0.500. The molecular weight excluding hydrogens is 500 g/mol. The maximum absolute atomic E-state index is 13.1. The zero-order valence-electron chi connectivity index (χ0n) is 18.7. The van der Waals surface area contributed by atoms with E-state index >= 15 is 0 Å². The minimum atomic E-state index is -4.52. The van der Waals surface area contributed by atoms with Crippen LogP contribution in [0.1, 0.15) is 36.3 Å². The summed E-state index contributed by atoms with van der Waals surface area (Å²) in [5, 5.41) is 15.3. The van der Waals surface area contributed by atoms with Crippen LogP contribution in [0.4, 0.5) is 5.69 Å². The predicted molar refractivity (Wildman–Crippen MR) is 126 cm³/mol. The monoisotopic (exact) mass is 530 g/mol. The van der Waals surface area contributed by atoms with Crippen LogP contribution in [0.15, 0.2) is 34.3 Å². The van der Waals surface area contributed by atoms with Crippen molar-refractivity contribution in [2.24, 2.45) is 10.9 Å². The van der Waals surface area contributed by atoms with Crippen LogP contribution in [0.5, 0.6) is 0 Å². The van der Waals surface area contributed by atoms with Crippen LogP contribution in [-0.4, -0.2) is 64.2 Å². The van der Waals surface area contributed by atoms with Gasteiger partial charge in [-0.3, -0.25) is 0 Å². The maximum Gasteiger partial charge on any atom is 0.242 e. The third kappa shape index (κ3) is 5.64. The molecule has 0 aliphatic carbocycles. The van der Waals surface area contributed by atoms with Crippen molar-refractivity contribution in [3.63, 3.8) is 0 Å². The van der Waals surface area contributed by atoms with Gasteiger partial charge >= 0.3 is 0 Å². The number of aliphatic hydroxyl groups excluding tert-OH is 1. The number of anilines is 1. The number of rotatable bonds is 9. The highest BCUT2D eigenvalue weighted by Crippen LogP contribution is 2.38. The number of primary sulfonamides is 1. The van der Waals surface area contributed by atoms with Crippen molar-refractivity contribution in [1.29, 1.82) is 0 Å². The normalized spacial score (nSPS) is 19.3. The maximum atomic E-state index is 13.1. The van der Waals surface area contributed by atoms with Crippen LogP contribution in [0.3, 0.4) is 0 Å². The highest BCUT2D eigenvalue weighted by molar-refractivity contribution is 7.92. The number of sulfonamides is 2. The molecule has 11 N–H and O–H groups in total. The molecule has 0 unspecified atom stereocenters. The highest BCUT2D eigenvalue weighted by Gasteiger charge is 2.36. The number of imidazole rings is 1. The molecule has 2 aromatic rings. The summed E-state index contributed by atoms with van der Waals surface area (Å²) in [7, 11) is -8.89. The minimum absolute atomic E-state index is 0.142. The number of benzene rings is 1. The summed E-state index contributed by atoms with van der Waals surface area (Å²) in [6.07, 6.45) is 3.04. The number of aromatic nitrogens is 2. The number of hydrazine groups is 3. The van der Waals surface area contributed by atoms with Crippen molar-refractivity contribution in [2.45, 2.75) is 40.8 Å². The number of aliphatic hydroxyl groups is 1. The molecule has 1 aromatic carbocycles. The molecule has 1 aromatic heterocycles. The summed E-state index contributed by atoms with van der Waals surface area (Å²) in [6, 6.07) is 2.77. The molecule has 35 heavy (non-hydrogen) atoms. The smallest absolute Gasteiger partial charge is 0.242 e. The lowest BCUT2D eigenvalue weighted by Crippen LogP contribution is -2.39. The third-order valence-electron chi connectivity index (χ3n) is 6.02. The molecule has 4 rings (SSSR count). The average molecular weight is 531 g/mol. The van der Waals surface area contributed by atoms with Crippen molar-refractivity contribution in [1.82, 2.24) is 36.6 Å².